The molecule has 1 aliphatic heterocycles. The largest absolute Gasteiger partial charge is 0.340 e. The van der Waals surface area contributed by atoms with E-state index in [1.54, 1.807) is 0 Å². The van der Waals surface area contributed by atoms with E-state index < -0.39 is 5.41 Å². The van der Waals surface area contributed by atoms with E-state index in [1.165, 1.54) is 11.1 Å². The third-order valence-electron chi connectivity index (χ3n) is 5.11. The van der Waals surface area contributed by atoms with Crippen LogP contribution >= 0.6 is 15.9 Å². The Labute approximate surface area is 169 Å². The molecule has 0 atom stereocenters. The minimum atomic E-state index is -0.504. The van der Waals surface area contributed by atoms with Gasteiger partial charge in [-0.3, -0.25) is 4.79 Å². The molecule has 0 unspecified atom stereocenters. The Hall–Kier alpha value is -2.38. The first kappa shape index (κ1) is 19.4. The molecular weight excluding hydrogens is 400 g/mol. The van der Waals surface area contributed by atoms with Crippen molar-refractivity contribution < 1.29 is 4.79 Å². The van der Waals surface area contributed by atoms with Gasteiger partial charge in [0.25, 0.3) is 0 Å². The second-order valence-corrected chi connectivity index (χ2v) is 8.15. The first-order valence-corrected chi connectivity index (χ1v) is 9.98. The van der Waals surface area contributed by atoms with E-state index in [1.807, 2.05) is 32.0 Å². The number of benzene rings is 2. The van der Waals surface area contributed by atoms with Crippen molar-refractivity contribution >= 4 is 33.6 Å². The van der Waals surface area contributed by atoms with Crippen molar-refractivity contribution in [3.8, 4) is 6.07 Å². The van der Waals surface area contributed by atoms with E-state index in [0.29, 0.717) is 5.56 Å². The molecule has 0 radical (unpaired) electrons. The van der Waals surface area contributed by atoms with E-state index in [-0.39, 0.29) is 0 Å². The molecule has 1 heterocycles. The highest BCUT2D eigenvalue weighted by Gasteiger charge is 2.27. The second-order valence-electron chi connectivity index (χ2n) is 7.30. The van der Waals surface area contributed by atoms with Crippen molar-refractivity contribution in [2.75, 3.05) is 11.4 Å². The Morgan fingerprint density at radius 2 is 2.07 bits per heavy atom. The van der Waals surface area contributed by atoms with Crippen molar-refractivity contribution in [2.24, 2.45) is 0 Å². The van der Waals surface area contributed by atoms with E-state index in [4.69, 9.17) is 0 Å². The Balaban J connectivity index is 2.12. The predicted molar refractivity (Wildman–Crippen MR) is 114 cm³/mol. The molecule has 0 aliphatic carbocycles. The van der Waals surface area contributed by atoms with Crippen molar-refractivity contribution in [1.82, 2.24) is 0 Å². The molecule has 0 bridgehead atoms. The number of halogens is 1. The summed E-state index contributed by atoms with van der Waals surface area (Å²) in [7, 11) is 0. The lowest BCUT2D eigenvalue weighted by atomic mass is 9.82. The maximum atomic E-state index is 11.7. The summed E-state index contributed by atoms with van der Waals surface area (Å²) < 4.78 is 0.808. The maximum absolute atomic E-state index is 11.7. The fourth-order valence-corrected chi connectivity index (χ4v) is 3.99. The standard InChI is InChI=1S/C23H23BrN2O/c1-4-6-21-18-10-9-17(23(2,3)15-25)13-16(18)11-12-26(21)22-8-5-7-20(24)19(22)14-27/h5-10,13-14H,4,11-12H2,1-3H3/b21-6-. The third kappa shape index (κ3) is 3.57. The monoisotopic (exact) mass is 422 g/mol. The van der Waals surface area contributed by atoms with Gasteiger partial charge in [0, 0.05) is 22.3 Å². The summed E-state index contributed by atoms with van der Waals surface area (Å²) >= 11 is 3.50. The first-order chi connectivity index (χ1) is 12.9. The normalized spacial score (nSPS) is 15.4. The lowest BCUT2D eigenvalue weighted by Crippen LogP contribution is -2.30. The van der Waals surface area contributed by atoms with Crippen molar-refractivity contribution in [1.29, 1.82) is 5.26 Å². The quantitative estimate of drug-likeness (QED) is 0.577. The van der Waals surface area contributed by atoms with E-state index in [9.17, 15) is 10.1 Å². The zero-order valence-corrected chi connectivity index (χ0v) is 17.5. The van der Waals surface area contributed by atoms with Crippen molar-refractivity contribution in [3.63, 3.8) is 0 Å². The molecule has 1 aliphatic rings. The average molecular weight is 423 g/mol. The SMILES string of the molecule is CC/C=C1/c2ccc(C(C)(C)C#N)cc2CCN1c1cccc(Br)c1C=O. The molecular formula is C23H23BrN2O. The van der Waals surface area contributed by atoms with Crippen LogP contribution in [0.4, 0.5) is 5.69 Å². The molecule has 0 N–H and O–H groups in total. The van der Waals surface area contributed by atoms with Crippen LogP contribution < -0.4 is 4.90 Å². The fourth-order valence-electron chi connectivity index (χ4n) is 3.54. The molecule has 0 amide bonds. The van der Waals surface area contributed by atoms with Gasteiger partial charge in [0.2, 0.25) is 0 Å². The summed E-state index contributed by atoms with van der Waals surface area (Å²) in [6, 6.07) is 14.6. The van der Waals surface area contributed by atoms with Gasteiger partial charge in [0.15, 0.2) is 6.29 Å². The molecule has 3 rings (SSSR count). The van der Waals surface area contributed by atoms with Crippen LogP contribution in [0.1, 0.15) is 54.2 Å². The zero-order chi connectivity index (χ0) is 19.6. The smallest absolute Gasteiger partial charge is 0.153 e. The highest BCUT2D eigenvalue weighted by Crippen LogP contribution is 2.38. The zero-order valence-electron chi connectivity index (χ0n) is 15.9. The highest BCUT2D eigenvalue weighted by molar-refractivity contribution is 9.10. The van der Waals surface area contributed by atoms with Crippen molar-refractivity contribution in [2.45, 2.75) is 39.0 Å². The number of rotatable bonds is 4. The molecule has 0 fully saturated rings. The minimum Gasteiger partial charge on any atom is -0.340 e. The number of nitriles is 1. The number of carbonyl (C=O) groups is 1. The van der Waals surface area contributed by atoms with E-state index in [0.717, 1.165) is 47.1 Å². The lowest BCUT2D eigenvalue weighted by molar-refractivity contribution is 0.112. The van der Waals surface area contributed by atoms with Crippen LogP contribution in [-0.2, 0) is 11.8 Å². The molecule has 2 aromatic carbocycles. The number of anilines is 1. The van der Waals surface area contributed by atoms with Gasteiger partial charge in [0.05, 0.1) is 22.7 Å². The number of aldehydes is 1. The van der Waals surface area contributed by atoms with Crippen LogP contribution in [-0.4, -0.2) is 12.8 Å². The number of nitrogens with zero attached hydrogens (tertiary/aromatic N) is 2. The van der Waals surface area contributed by atoms with Crippen LogP contribution in [0.2, 0.25) is 0 Å². The fraction of sp³-hybridized carbons (Fsp3) is 0.304. The minimum absolute atomic E-state index is 0.504. The van der Waals surface area contributed by atoms with Gasteiger partial charge in [-0.15, -0.1) is 0 Å². The van der Waals surface area contributed by atoms with Crippen LogP contribution in [0, 0.1) is 11.3 Å². The Morgan fingerprint density at radius 3 is 2.74 bits per heavy atom. The van der Waals surface area contributed by atoms with Gasteiger partial charge >= 0.3 is 0 Å². The van der Waals surface area contributed by atoms with Crippen LogP contribution in [0.15, 0.2) is 46.9 Å². The summed E-state index contributed by atoms with van der Waals surface area (Å²) in [5, 5.41) is 9.46. The van der Waals surface area contributed by atoms with Gasteiger partial charge in [-0.2, -0.15) is 5.26 Å². The molecule has 3 nitrogen and oxygen atoms in total. The number of carbonyl (C=O) groups excluding carboxylic acids is 1. The second kappa shape index (κ2) is 7.70. The van der Waals surface area contributed by atoms with Gasteiger partial charge in [-0.1, -0.05) is 37.3 Å². The van der Waals surface area contributed by atoms with Crippen LogP contribution in [0.25, 0.3) is 5.70 Å². The summed E-state index contributed by atoms with van der Waals surface area (Å²) in [5.41, 5.74) is 5.70. The van der Waals surface area contributed by atoms with Crippen molar-refractivity contribution in [3.05, 3.63) is 69.2 Å². The average Bonchev–Trinajstić information content (AvgIpc) is 2.67. The molecule has 138 valence electrons. The van der Waals surface area contributed by atoms with E-state index in [2.05, 4.69) is 58.1 Å². The third-order valence-corrected chi connectivity index (χ3v) is 5.81. The van der Waals surface area contributed by atoms with Gasteiger partial charge in [0.1, 0.15) is 0 Å². The topological polar surface area (TPSA) is 44.1 Å². The molecule has 0 saturated carbocycles. The first-order valence-electron chi connectivity index (χ1n) is 9.19. The number of allylic oxidation sites excluding steroid dienone is 1. The van der Waals surface area contributed by atoms with Crippen LogP contribution in [0.5, 0.6) is 0 Å². The Morgan fingerprint density at radius 1 is 1.30 bits per heavy atom. The molecule has 2 aromatic rings. The Kier molecular flexibility index (Phi) is 5.53. The number of hydrogen-bond donors (Lipinski definition) is 0. The highest BCUT2D eigenvalue weighted by atomic mass is 79.9. The molecule has 4 heteroatoms. The van der Waals surface area contributed by atoms with Crippen LogP contribution in [0.3, 0.4) is 0 Å². The van der Waals surface area contributed by atoms with Gasteiger partial charge in [-0.05, 0) is 65.9 Å². The molecule has 27 heavy (non-hydrogen) atoms. The number of fused-ring (bicyclic) bond motifs is 1. The predicted octanol–water partition coefficient (Wildman–Crippen LogP) is 5.88. The summed E-state index contributed by atoms with van der Waals surface area (Å²) in [4.78, 5) is 13.9. The number of hydrogen-bond acceptors (Lipinski definition) is 3. The Bertz CT molecular complexity index is 953. The maximum Gasteiger partial charge on any atom is 0.153 e. The summed E-state index contributed by atoms with van der Waals surface area (Å²) in [5.74, 6) is 0. The van der Waals surface area contributed by atoms with Gasteiger partial charge < -0.3 is 4.90 Å². The molecule has 0 saturated heterocycles. The summed E-state index contributed by atoms with van der Waals surface area (Å²) in [6.45, 7) is 6.82. The summed E-state index contributed by atoms with van der Waals surface area (Å²) in [6.07, 6.45) is 4.90. The van der Waals surface area contributed by atoms with Gasteiger partial charge in [-0.25, -0.2) is 0 Å². The molecule has 0 aromatic heterocycles. The molecule has 0 spiro atoms. The van der Waals surface area contributed by atoms with E-state index >= 15 is 0 Å². The lowest BCUT2D eigenvalue weighted by Gasteiger charge is -2.35.